The standard InChI is InChI=1S/C27H30F4N6O2/c1-36-8-6-14(7-9-36)24-34-23-22(20(28)13-33-25(23)35-24)15-10-16-2-3-17(11-15)37(16)26(38)19-5-4-18(12-21(19)32)39-27(29,30)31/h4-5,12-17H,2-3,6-11,32H2,1H3,(H,33,34,35)/t15?,16-,17+. The average Bonchev–Trinajstić information content (AvgIpc) is 3.41. The number of hydrogen-bond acceptors (Lipinski definition) is 6. The number of benzene rings is 1. The number of nitrogens with two attached hydrogens (primary N) is 1. The third-order valence-corrected chi connectivity index (χ3v) is 8.50. The first-order valence-electron chi connectivity index (χ1n) is 13.3. The first kappa shape index (κ1) is 25.8. The molecule has 1 amide bonds. The van der Waals surface area contributed by atoms with Crippen molar-refractivity contribution in [1.29, 1.82) is 0 Å². The number of alkyl halides is 3. The molecule has 0 radical (unpaired) electrons. The van der Waals surface area contributed by atoms with Gasteiger partial charge in [-0.15, -0.1) is 13.2 Å². The Bertz CT molecular complexity index is 1390. The smallest absolute Gasteiger partial charge is 0.406 e. The molecular weight excluding hydrogens is 516 g/mol. The van der Waals surface area contributed by atoms with E-state index in [1.807, 2.05) is 0 Å². The van der Waals surface area contributed by atoms with E-state index in [1.54, 1.807) is 4.90 Å². The Labute approximate surface area is 222 Å². The van der Waals surface area contributed by atoms with Gasteiger partial charge in [-0.2, -0.15) is 0 Å². The Morgan fingerprint density at radius 3 is 2.44 bits per heavy atom. The van der Waals surface area contributed by atoms with Crippen molar-refractivity contribution in [2.24, 2.45) is 0 Å². The number of ether oxygens (including phenoxy) is 1. The van der Waals surface area contributed by atoms with Crippen LogP contribution >= 0.6 is 0 Å². The lowest BCUT2D eigenvalue weighted by Crippen LogP contribution is -2.46. The van der Waals surface area contributed by atoms with E-state index >= 15 is 4.39 Å². The molecule has 39 heavy (non-hydrogen) atoms. The lowest BCUT2D eigenvalue weighted by atomic mass is 9.84. The fraction of sp³-hybridized carbons (Fsp3) is 0.519. The van der Waals surface area contributed by atoms with Gasteiger partial charge in [-0.3, -0.25) is 4.79 Å². The molecule has 3 aliphatic heterocycles. The molecule has 208 valence electrons. The molecule has 2 bridgehead atoms. The Balaban J connectivity index is 1.23. The van der Waals surface area contributed by atoms with Crippen molar-refractivity contribution in [3.8, 4) is 5.75 Å². The first-order chi connectivity index (χ1) is 18.6. The zero-order valence-corrected chi connectivity index (χ0v) is 21.5. The normalized spacial score (nSPS) is 24.4. The molecule has 8 nitrogen and oxygen atoms in total. The van der Waals surface area contributed by atoms with E-state index in [-0.39, 0.29) is 46.9 Å². The first-order valence-corrected chi connectivity index (χ1v) is 13.3. The van der Waals surface area contributed by atoms with E-state index in [1.165, 1.54) is 12.3 Å². The number of likely N-dealkylation sites (tertiary alicyclic amines) is 1. The van der Waals surface area contributed by atoms with E-state index in [4.69, 9.17) is 10.7 Å². The number of rotatable bonds is 4. The van der Waals surface area contributed by atoms with Crippen LogP contribution in [0.5, 0.6) is 5.75 Å². The average molecular weight is 547 g/mol. The SMILES string of the molecule is CN1CCC(c2nc3ncc(F)c(C4C[C@H]5CC[C@@H](C4)N5C(=O)c4ccc(OC(F)(F)F)cc4N)c3[nH]2)CC1. The van der Waals surface area contributed by atoms with Crippen molar-refractivity contribution in [2.45, 2.75) is 68.8 Å². The molecule has 1 aromatic carbocycles. The summed E-state index contributed by atoms with van der Waals surface area (Å²) in [5.41, 5.74) is 7.74. The number of nitrogens with one attached hydrogen (secondary N) is 1. The summed E-state index contributed by atoms with van der Waals surface area (Å²) >= 11 is 0. The van der Waals surface area contributed by atoms with Crippen LogP contribution in [0.2, 0.25) is 0 Å². The molecule has 2 aromatic heterocycles. The van der Waals surface area contributed by atoms with Crippen molar-refractivity contribution in [1.82, 2.24) is 24.8 Å². The summed E-state index contributed by atoms with van der Waals surface area (Å²) in [5, 5.41) is 0. The fourth-order valence-corrected chi connectivity index (χ4v) is 6.66. The van der Waals surface area contributed by atoms with Gasteiger partial charge in [0.15, 0.2) is 5.65 Å². The number of nitrogen functional groups attached to an aromatic ring is 1. The monoisotopic (exact) mass is 546 g/mol. The van der Waals surface area contributed by atoms with Gasteiger partial charge in [-0.25, -0.2) is 14.4 Å². The van der Waals surface area contributed by atoms with Crippen LogP contribution in [0.4, 0.5) is 23.2 Å². The lowest BCUT2D eigenvalue weighted by molar-refractivity contribution is -0.274. The van der Waals surface area contributed by atoms with Crippen molar-refractivity contribution in [3.05, 3.63) is 47.2 Å². The summed E-state index contributed by atoms with van der Waals surface area (Å²) in [6.07, 6.45) is 1.00. The number of H-pyrrole nitrogens is 1. The molecule has 3 aliphatic rings. The maximum absolute atomic E-state index is 15.3. The van der Waals surface area contributed by atoms with Crippen molar-refractivity contribution >= 4 is 22.8 Å². The predicted octanol–water partition coefficient (Wildman–Crippen LogP) is 4.94. The Hall–Kier alpha value is -3.41. The third-order valence-electron chi connectivity index (χ3n) is 8.50. The lowest BCUT2D eigenvalue weighted by Gasteiger charge is -2.39. The minimum Gasteiger partial charge on any atom is -0.406 e. The number of anilines is 1. The molecule has 1 unspecified atom stereocenters. The van der Waals surface area contributed by atoms with Crippen LogP contribution in [0.25, 0.3) is 11.2 Å². The van der Waals surface area contributed by atoms with Gasteiger partial charge in [0, 0.05) is 35.3 Å². The van der Waals surface area contributed by atoms with Crippen LogP contribution < -0.4 is 10.5 Å². The van der Waals surface area contributed by atoms with Crippen LogP contribution in [0.3, 0.4) is 0 Å². The van der Waals surface area contributed by atoms with Crippen LogP contribution in [0, 0.1) is 5.82 Å². The summed E-state index contributed by atoms with van der Waals surface area (Å²) in [6, 6.07) is 3.11. The summed E-state index contributed by atoms with van der Waals surface area (Å²) in [4.78, 5) is 29.9. The number of pyridine rings is 1. The van der Waals surface area contributed by atoms with Gasteiger partial charge in [0.2, 0.25) is 0 Å². The predicted molar refractivity (Wildman–Crippen MR) is 136 cm³/mol. The maximum atomic E-state index is 15.3. The Morgan fingerprint density at radius 1 is 1.10 bits per heavy atom. The maximum Gasteiger partial charge on any atom is 0.573 e. The third kappa shape index (κ3) is 4.90. The second-order valence-electron chi connectivity index (χ2n) is 11.0. The van der Waals surface area contributed by atoms with Crippen LogP contribution in [0.15, 0.2) is 24.4 Å². The van der Waals surface area contributed by atoms with Crippen LogP contribution in [-0.4, -0.2) is 69.2 Å². The largest absolute Gasteiger partial charge is 0.573 e. The van der Waals surface area contributed by atoms with Crippen LogP contribution in [-0.2, 0) is 0 Å². The number of hydrogen-bond donors (Lipinski definition) is 2. The molecule has 3 fully saturated rings. The molecule has 3 saturated heterocycles. The number of carbonyl (C=O) groups is 1. The molecule has 6 rings (SSSR count). The number of imidazole rings is 1. The topological polar surface area (TPSA) is 100 Å². The zero-order valence-electron chi connectivity index (χ0n) is 21.5. The fourth-order valence-electron chi connectivity index (χ4n) is 6.66. The van der Waals surface area contributed by atoms with E-state index in [2.05, 4.69) is 26.7 Å². The number of carbonyl (C=O) groups excluding carboxylic acids is 1. The molecule has 3 aromatic rings. The second kappa shape index (κ2) is 9.65. The molecule has 5 heterocycles. The zero-order chi connectivity index (χ0) is 27.5. The summed E-state index contributed by atoms with van der Waals surface area (Å²) in [7, 11) is 2.10. The number of fused-ring (bicyclic) bond motifs is 3. The number of nitrogens with zero attached hydrogens (tertiary/aromatic N) is 4. The number of halogens is 4. The number of amides is 1. The van der Waals surface area contributed by atoms with Crippen molar-refractivity contribution < 1.29 is 27.1 Å². The highest BCUT2D eigenvalue weighted by atomic mass is 19.4. The van der Waals surface area contributed by atoms with Crippen molar-refractivity contribution in [3.63, 3.8) is 0 Å². The van der Waals surface area contributed by atoms with Gasteiger partial charge in [-0.05, 0) is 76.7 Å². The highest BCUT2D eigenvalue weighted by molar-refractivity contribution is 6.00. The van der Waals surface area contributed by atoms with E-state index in [0.717, 1.165) is 56.7 Å². The van der Waals surface area contributed by atoms with E-state index < -0.39 is 12.1 Å². The Morgan fingerprint density at radius 2 is 1.79 bits per heavy atom. The van der Waals surface area contributed by atoms with Gasteiger partial charge in [-0.1, -0.05) is 0 Å². The molecule has 0 saturated carbocycles. The highest BCUT2D eigenvalue weighted by Gasteiger charge is 2.45. The number of aromatic nitrogens is 3. The van der Waals surface area contributed by atoms with Crippen LogP contribution in [0.1, 0.15) is 72.1 Å². The van der Waals surface area contributed by atoms with Gasteiger partial charge in [0.25, 0.3) is 5.91 Å². The quantitative estimate of drug-likeness (QED) is 0.355. The molecule has 0 aliphatic carbocycles. The minimum atomic E-state index is -4.85. The number of aromatic amines is 1. The van der Waals surface area contributed by atoms with Gasteiger partial charge >= 0.3 is 6.36 Å². The van der Waals surface area contributed by atoms with E-state index in [0.29, 0.717) is 29.6 Å². The molecule has 0 spiro atoms. The highest BCUT2D eigenvalue weighted by Crippen LogP contribution is 2.46. The number of piperidine rings is 2. The molecule has 12 heteroatoms. The second-order valence-corrected chi connectivity index (χ2v) is 11.0. The van der Waals surface area contributed by atoms with Gasteiger partial charge in [0.1, 0.15) is 17.4 Å². The minimum absolute atomic E-state index is 0.0796. The van der Waals surface area contributed by atoms with Gasteiger partial charge < -0.3 is 25.3 Å². The van der Waals surface area contributed by atoms with E-state index in [9.17, 15) is 18.0 Å². The van der Waals surface area contributed by atoms with Gasteiger partial charge in [0.05, 0.1) is 17.3 Å². The molecule has 3 N–H and O–H groups in total. The molecule has 3 atom stereocenters. The van der Waals surface area contributed by atoms with Crippen molar-refractivity contribution in [2.75, 3.05) is 25.9 Å². The Kier molecular flexibility index (Phi) is 6.40. The summed E-state index contributed by atoms with van der Waals surface area (Å²) < 4.78 is 56.9. The summed E-state index contributed by atoms with van der Waals surface area (Å²) in [5.74, 6) is -0.183. The molecular formula is C27H30F4N6O2. The summed E-state index contributed by atoms with van der Waals surface area (Å²) in [6.45, 7) is 1.96.